The van der Waals surface area contributed by atoms with Gasteiger partial charge in [0.05, 0.1) is 18.1 Å². The maximum absolute atomic E-state index is 12.0. The number of nitrogens with two attached hydrogens (primary N) is 1. The molecule has 0 aliphatic carbocycles. The van der Waals surface area contributed by atoms with E-state index >= 15 is 0 Å². The third-order valence-corrected chi connectivity index (χ3v) is 3.51. The summed E-state index contributed by atoms with van der Waals surface area (Å²) >= 11 is 0. The van der Waals surface area contributed by atoms with Gasteiger partial charge in [-0.2, -0.15) is 5.10 Å². The van der Waals surface area contributed by atoms with E-state index in [1.54, 1.807) is 20.0 Å². The monoisotopic (exact) mass is 268 g/mol. The first kappa shape index (κ1) is 12.3. The van der Waals surface area contributed by atoms with Gasteiger partial charge in [0.2, 0.25) is 5.95 Å². The Morgan fingerprint density at radius 3 is 2.44 bits per heavy atom. The Hall–Kier alpha value is -2.16. The molecule has 2 heterocycles. The van der Waals surface area contributed by atoms with Crippen molar-refractivity contribution in [2.24, 2.45) is 7.05 Å². The Labute approximate surface area is 104 Å². The van der Waals surface area contributed by atoms with Crippen LogP contribution in [0.4, 0.5) is 11.8 Å². The van der Waals surface area contributed by atoms with E-state index in [1.807, 2.05) is 0 Å². The van der Waals surface area contributed by atoms with Crippen LogP contribution in [0.25, 0.3) is 0 Å². The van der Waals surface area contributed by atoms with Crippen molar-refractivity contribution in [3.63, 3.8) is 0 Å². The molecule has 0 atom stereocenters. The van der Waals surface area contributed by atoms with Crippen molar-refractivity contribution in [3.8, 4) is 0 Å². The molecular formula is C9H12N6O2S. The van der Waals surface area contributed by atoms with Crippen molar-refractivity contribution >= 4 is 21.8 Å². The van der Waals surface area contributed by atoms with E-state index in [2.05, 4.69) is 19.8 Å². The maximum atomic E-state index is 12.0. The zero-order valence-electron chi connectivity index (χ0n) is 9.82. The molecule has 0 amide bonds. The van der Waals surface area contributed by atoms with Gasteiger partial charge in [-0.15, -0.1) is 0 Å². The van der Waals surface area contributed by atoms with Crippen LogP contribution in [-0.2, 0) is 17.1 Å². The number of nitrogen functional groups attached to an aromatic ring is 1. The zero-order chi connectivity index (χ0) is 13.3. The van der Waals surface area contributed by atoms with Crippen LogP contribution in [-0.4, -0.2) is 28.2 Å². The summed E-state index contributed by atoms with van der Waals surface area (Å²) in [5.41, 5.74) is 6.01. The Bertz CT molecular complexity index is 661. The summed E-state index contributed by atoms with van der Waals surface area (Å²) in [6.07, 6.45) is 2.29. The van der Waals surface area contributed by atoms with Crippen molar-refractivity contribution in [3.05, 3.63) is 24.2 Å². The highest BCUT2D eigenvalue weighted by atomic mass is 32.2. The molecule has 0 saturated heterocycles. The molecule has 9 heteroatoms. The van der Waals surface area contributed by atoms with Crippen LogP contribution in [0, 0.1) is 6.92 Å². The van der Waals surface area contributed by atoms with Crippen molar-refractivity contribution in [2.75, 3.05) is 10.5 Å². The minimum absolute atomic E-state index is 0.0188. The number of hydrogen-bond donors (Lipinski definition) is 2. The highest BCUT2D eigenvalue weighted by Gasteiger charge is 2.17. The molecule has 96 valence electrons. The van der Waals surface area contributed by atoms with Crippen molar-refractivity contribution in [1.82, 2.24) is 19.7 Å². The number of nitrogens with zero attached hydrogens (tertiary/aromatic N) is 4. The fourth-order valence-electron chi connectivity index (χ4n) is 1.37. The first-order chi connectivity index (χ1) is 8.38. The van der Waals surface area contributed by atoms with E-state index in [1.165, 1.54) is 4.68 Å². The summed E-state index contributed by atoms with van der Waals surface area (Å²) in [4.78, 5) is 7.22. The van der Waals surface area contributed by atoms with Gasteiger partial charge in [0.15, 0.2) is 0 Å². The normalized spacial score (nSPS) is 11.4. The molecule has 8 nitrogen and oxygen atoms in total. The fourth-order valence-corrected chi connectivity index (χ4v) is 2.33. The van der Waals surface area contributed by atoms with E-state index in [0.717, 1.165) is 12.4 Å². The maximum Gasteiger partial charge on any atom is 0.266 e. The third-order valence-electron chi connectivity index (χ3n) is 2.20. The molecule has 2 aromatic rings. The molecule has 3 N–H and O–H groups in total. The van der Waals surface area contributed by atoms with Gasteiger partial charge in [-0.25, -0.2) is 18.4 Å². The molecule has 0 unspecified atom stereocenters. The minimum atomic E-state index is -3.73. The predicted molar refractivity (Wildman–Crippen MR) is 65.2 cm³/mol. The van der Waals surface area contributed by atoms with Gasteiger partial charge in [0.1, 0.15) is 10.7 Å². The lowest BCUT2D eigenvalue weighted by Crippen LogP contribution is -2.16. The molecule has 0 aliphatic heterocycles. The topological polar surface area (TPSA) is 116 Å². The lowest BCUT2D eigenvalue weighted by Gasteiger charge is -2.07. The highest BCUT2D eigenvalue weighted by molar-refractivity contribution is 7.92. The van der Waals surface area contributed by atoms with Crippen LogP contribution in [0.1, 0.15) is 5.69 Å². The molecule has 2 rings (SSSR count). The van der Waals surface area contributed by atoms with Crippen LogP contribution < -0.4 is 10.5 Å². The number of sulfonamides is 1. The Morgan fingerprint density at radius 2 is 1.94 bits per heavy atom. The quantitative estimate of drug-likeness (QED) is 0.803. The van der Waals surface area contributed by atoms with Gasteiger partial charge in [0.25, 0.3) is 10.0 Å². The zero-order valence-corrected chi connectivity index (χ0v) is 10.6. The predicted octanol–water partition coefficient (Wildman–Crippen LogP) is -0.0985. The van der Waals surface area contributed by atoms with Crippen molar-refractivity contribution < 1.29 is 8.42 Å². The molecule has 2 aromatic heterocycles. The first-order valence-corrected chi connectivity index (χ1v) is 6.48. The largest absolute Gasteiger partial charge is 0.368 e. The van der Waals surface area contributed by atoms with Crippen molar-refractivity contribution in [1.29, 1.82) is 0 Å². The average molecular weight is 268 g/mol. The molecule has 0 spiro atoms. The molecule has 0 fully saturated rings. The number of aryl methyl sites for hydroxylation is 2. The summed E-state index contributed by atoms with van der Waals surface area (Å²) < 4.78 is 27.8. The lowest BCUT2D eigenvalue weighted by atomic mass is 10.5. The summed E-state index contributed by atoms with van der Waals surface area (Å²) in [6, 6.07) is 1.62. The van der Waals surface area contributed by atoms with Gasteiger partial charge in [-0.3, -0.25) is 9.40 Å². The van der Waals surface area contributed by atoms with E-state index in [4.69, 9.17) is 5.73 Å². The Kier molecular flexibility index (Phi) is 2.91. The lowest BCUT2D eigenvalue weighted by molar-refractivity contribution is 0.599. The van der Waals surface area contributed by atoms with Crippen LogP contribution >= 0.6 is 0 Å². The van der Waals surface area contributed by atoms with Crippen molar-refractivity contribution in [2.45, 2.75) is 11.8 Å². The molecule has 0 aromatic carbocycles. The third kappa shape index (κ3) is 2.40. The number of rotatable bonds is 3. The second kappa shape index (κ2) is 4.26. The molecular weight excluding hydrogens is 256 g/mol. The van der Waals surface area contributed by atoms with Crippen LogP contribution in [0.3, 0.4) is 0 Å². The standard InChI is InChI=1S/C9H12N6O2S/c1-6-3-8(15(2)13-6)14-18(16,17)7-4-11-9(10)12-5-7/h3-5,14H,1-2H3,(H2,10,11,12). The number of nitrogens with one attached hydrogen (secondary N) is 1. The van der Waals surface area contributed by atoms with Crippen LogP contribution in [0.2, 0.25) is 0 Å². The van der Waals surface area contributed by atoms with E-state index in [-0.39, 0.29) is 10.8 Å². The number of anilines is 2. The highest BCUT2D eigenvalue weighted by Crippen LogP contribution is 2.15. The van der Waals surface area contributed by atoms with Gasteiger partial charge in [-0.1, -0.05) is 0 Å². The Morgan fingerprint density at radius 1 is 1.33 bits per heavy atom. The van der Waals surface area contributed by atoms with Crippen LogP contribution in [0.15, 0.2) is 23.4 Å². The molecule has 0 aliphatic rings. The Balaban J connectivity index is 2.33. The van der Waals surface area contributed by atoms with Gasteiger partial charge in [0, 0.05) is 13.1 Å². The van der Waals surface area contributed by atoms with E-state index < -0.39 is 10.0 Å². The summed E-state index contributed by atoms with van der Waals surface area (Å²) in [7, 11) is -2.09. The number of aromatic nitrogens is 4. The smallest absolute Gasteiger partial charge is 0.266 e. The van der Waals surface area contributed by atoms with Gasteiger partial charge in [-0.05, 0) is 6.92 Å². The van der Waals surface area contributed by atoms with E-state index in [9.17, 15) is 8.42 Å². The molecule has 0 saturated carbocycles. The van der Waals surface area contributed by atoms with E-state index in [0.29, 0.717) is 11.5 Å². The SMILES string of the molecule is Cc1cc(NS(=O)(=O)c2cnc(N)nc2)n(C)n1. The number of hydrogen-bond acceptors (Lipinski definition) is 6. The first-order valence-electron chi connectivity index (χ1n) is 4.99. The second-order valence-corrected chi connectivity index (χ2v) is 5.36. The minimum Gasteiger partial charge on any atom is -0.368 e. The second-order valence-electron chi connectivity index (χ2n) is 3.68. The molecule has 18 heavy (non-hydrogen) atoms. The molecule has 0 radical (unpaired) electrons. The molecule has 0 bridgehead atoms. The summed E-state index contributed by atoms with van der Waals surface area (Å²) in [5.74, 6) is 0.384. The van der Waals surface area contributed by atoms with Gasteiger partial charge >= 0.3 is 0 Å². The summed E-state index contributed by atoms with van der Waals surface area (Å²) in [5, 5.41) is 4.04. The van der Waals surface area contributed by atoms with Crippen LogP contribution in [0.5, 0.6) is 0 Å². The summed E-state index contributed by atoms with van der Waals surface area (Å²) in [6.45, 7) is 1.77. The average Bonchev–Trinajstić information content (AvgIpc) is 2.57. The fraction of sp³-hybridized carbons (Fsp3) is 0.222. The van der Waals surface area contributed by atoms with Gasteiger partial charge < -0.3 is 5.73 Å².